The highest BCUT2D eigenvalue weighted by Gasteiger charge is 2.15. The molecule has 2 N–H and O–H groups in total. The lowest BCUT2D eigenvalue weighted by molar-refractivity contribution is 0.0967. The van der Waals surface area contributed by atoms with Crippen LogP contribution in [0.25, 0.3) is 0 Å². The summed E-state index contributed by atoms with van der Waals surface area (Å²) in [5, 5.41) is 0.0898. The van der Waals surface area contributed by atoms with E-state index < -0.39 is 11.6 Å². The molecule has 1 heterocycles. The van der Waals surface area contributed by atoms with Gasteiger partial charge >= 0.3 is 5.69 Å². The second-order valence-electron chi connectivity index (χ2n) is 3.24. The summed E-state index contributed by atoms with van der Waals surface area (Å²) in [7, 11) is 0. The molecule has 0 atom stereocenters. The van der Waals surface area contributed by atoms with Crippen LogP contribution in [0.15, 0.2) is 29.1 Å². The van der Waals surface area contributed by atoms with E-state index in [4.69, 9.17) is 5.73 Å². The first-order valence-electron chi connectivity index (χ1n) is 4.56. The highest BCUT2D eigenvalue weighted by atomic mass is 32.1. The molecule has 0 aliphatic carbocycles. The molecule has 82 valence electrons. The number of rotatable bonds is 1. The molecule has 16 heavy (non-hydrogen) atoms. The fraction of sp³-hybridized carbons (Fsp3) is 0.100. The number of hydrogen-bond donors (Lipinski definition) is 1. The fourth-order valence-electron chi connectivity index (χ4n) is 1.34. The van der Waals surface area contributed by atoms with Crippen molar-refractivity contribution in [1.29, 1.82) is 0 Å². The van der Waals surface area contributed by atoms with Crippen LogP contribution in [0.2, 0.25) is 0 Å². The van der Waals surface area contributed by atoms with Crippen molar-refractivity contribution in [2.75, 3.05) is 5.73 Å². The Kier molecular flexibility index (Phi) is 2.57. The van der Waals surface area contributed by atoms with E-state index in [1.165, 1.54) is 0 Å². The number of nitrogen functional groups attached to an aromatic ring is 1. The third kappa shape index (κ3) is 1.74. The minimum absolute atomic E-state index is 0.0898. The monoisotopic (exact) mass is 235 g/mol. The fourth-order valence-corrected chi connectivity index (χ4v) is 1.95. The second-order valence-corrected chi connectivity index (χ2v) is 4.20. The van der Waals surface area contributed by atoms with Crippen molar-refractivity contribution >= 4 is 22.6 Å². The first-order chi connectivity index (χ1) is 7.59. The summed E-state index contributed by atoms with van der Waals surface area (Å²) in [6.45, 7) is 1.81. The average molecular weight is 235 g/mol. The van der Waals surface area contributed by atoms with Gasteiger partial charge in [-0.25, -0.2) is 4.79 Å². The van der Waals surface area contributed by atoms with Crippen molar-refractivity contribution in [2.24, 2.45) is 0 Å². The Balaban J connectivity index is 2.52. The molecule has 5 nitrogen and oxygen atoms in total. The summed E-state index contributed by atoms with van der Waals surface area (Å²) in [5.41, 5.74) is 6.03. The largest absolute Gasteiger partial charge is 0.374 e. The third-order valence-electron chi connectivity index (χ3n) is 2.12. The molecule has 2 aromatic rings. The first kappa shape index (κ1) is 10.6. The summed E-state index contributed by atoms with van der Waals surface area (Å²) in [6, 6.07) is 7.05. The van der Waals surface area contributed by atoms with Gasteiger partial charge in [-0.1, -0.05) is 18.2 Å². The van der Waals surface area contributed by atoms with Crippen LogP contribution in [0.4, 0.5) is 5.13 Å². The van der Waals surface area contributed by atoms with E-state index in [2.05, 4.69) is 4.98 Å². The minimum Gasteiger partial charge on any atom is -0.374 e. The zero-order chi connectivity index (χ0) is 11.7. The maximum absolute atomic E-state index is 12.0. The van der Waals surface area contributed by atoms with Crippen LogP contribution in [0.3, 0.4) is 0 Å². The van der Waals surface area contributed by atoms with E-state index in [9.17, 15) is 9.59 Å². The number of aryl methyl sites for hydroxylation is 1. The van der Waals surface area contributed by atoms with Gasteiger partial charge in [0.25, 0.3) is 5.91 Å². The van der Waals surface area contributed by atoms with Crippen molar-refractivity contribution in [3.63, 3.8) is 0 Å². The Hall–Kier alpha value is -1.95. The molecule has 0 amide bonds. The predicted molar refractivity (Wildman–Crippen MR) is 61.7 cm³/mol. The van der Waals surface area contributed by atoms with E-state index >= 15 is 0 Å². The van der Waals surface area contributed by atoms with Gasteiger partial charge in [-0.2, -0.15) is 8.94 Å². The van der Waals surface area contributed by atoms with Gasteiger partial charge in [0.2, 0.25) is 5.13 Å². The minimum atomic E-state index is -0.629. The molecular formula is C10H9N3O2S. The Bertz CT molecular complexity index is 600. The lowest BCUT2D eigenvalue weighted by atomic mass is 10.1. The van der Waals surface area contributed by atoms with Gasteiger partial charge in [0.05, 0.1) is 0 Å². The molecule has 0 spiro atoms. The normalized spacial score (nSPS) is 10.3. The van der Waals surface area contributed by atoms with Gasteiger partial charge in [0, 0.05) is 5.56 Å². The molecule has 6 heteroatoms. The standard InChI is InChI=1S/C10H9N3O2S/c1-6-4-2-3-5-7(6)8(14)13-10(15)12-9(11)16-13/h2-5H,1H3,(H2,11,12,15). The third-order valence-corrected chi connectivity index (χ3v) is 2.91. The number of anilines is 1. The van der Waals surface area contributed by atoms with Gasteiger partial charge in [-0.15, -0.1) is 0 Å². The molecule has 2 rings (SSSR count). The molecule has 0 saturated carbocycles. The van der Waals surface area contributed by atoms with Crippen LogP contribution in [-0.2, 0) is 0 Å². The van der Waals surface area contributed by atoms with Crippen molar-refractivity contribution in [3.05, 3.63) is 45.9 Å². The number of carbonyl (C=O) groups excluding carboxylic acids is 1. The van der Waals surface area contributed by atoms with Crippen LogP contribution in [0.1, 0.15) is 15.9 Å². The molecule has 0 fully saturated rings. The lowest BCUT2D eigenvalue weighted by Gasteiger charge is -2.02. The van der Waals surface area contributed by atoms with Crippen LogP contribution < -0.4 is 11.4 Å². The Morgan fingerprint density at radius 2 is 2.12 bits per heavy atom. The van der Waals surface area contributed by atoms with Crippen molar-refractivity contribution in [2.45, 2.75) is 6.92 Å². The smallest absolute Gasteiger partial charge is 0.367 e. The number of nitrogens with two attached hydrogens (primary N) is 1. The number of benzene rings is 1. The Morgan fingerprint density at radius 3 is 2.69 bits per heavy atom. The molecule has 1 aromatic carbocycles. The SMILES string of the molecule is Cc1ccccc1C(=O)n1sc(N)nc1=O. The molecule has 1 aromatic heterocycles. The summed E-state index contributed by atoms with van der Waals surface area (Å²) >= 11 is 0.847. The molecule has 0 aliphatic rings. The lowest BCUT2D eigenvalue weighted by Crippen LogP contribution is -2.23. The zero-order valence-corrected chi connectivity index (χ0v) is 9.32. The maximum Gasteiger partial charge on any atom is 0.367 e. The molecule has 0 radical (unpaired) electrons. The summed E-state index contributed by atoms with van der Waals surface area (Å²) in [5.74, 6) is -0.391. The van der Waals surface area contributed by atoms with Gasteiger partial charge in [0.1, 0.15) is 0 Å². The first-order valence-corrected chi connectivity index (χ1v) is 5.33. The van der Waals surface area contributed by atoms with Crippen molar-refractivity contribution in [1.82, 2.24) is 8.94 Å². The van der Waals surface area contributed by atoms with Crippen LogP contribution in [0, 0.1) is 6.92 Å². The highest BCUT2D eigenvalue weighted by molar-refractivity contribution is 7.11. The second kappa shape index (κ2) is 3.90. The summed E-state index contributed by atoms with van der Waals surface area (Å²) in [6.07, 6.45) is 0. The molecule has 0 unspecified atom stereocenters. The van der Waals surface area contributed by atoms with E-state index in [0.717, 1.165) is 21.1 Å². The van der Waals surface area contributed by atoms with Crippen LogP contribution in [0.5, 0.6) is 0 Å². The number of aromatic nitrogens is 2. The van der Waals surface area contributed by atoms with E-state index in [0.29, 0.717) is 5.56 Å². The summed E-state index contributed by atoms with van der Waals surface area (Å²) in [4.78, 5) is 26.8. The molecule has 0 aliphatic heterocycles. The summed E-state index contributed by atoms with van der Waals surface area (Å²) < 4.78 is 0.956. The van der Waals surface area contributed by atoms with Crippen LogP contribution >= 0.6 is 11.5 Å². The highest BCUT2D eigenvalue weighted by Crippen LogP contribution is 2.11. The van der Waals surface area contributed by atoms with Gasteiger partial charge < -0.3 is 5.73 Å². The topological polar surface area (TPSA) is 78.0 Å². The van der Waals surface area contributed by atoms with Crippen molar-refractivity contribution in [3.8, 4) is 0 Å². The quantitative estimate of drug-likeness (QED) is 0.796. The zero-order valence-electron chi connectivity index (χ0n) is 8.51. The van der Waals surface area contributed by atoms with E-state index in [1.54, 1.807) is 12.1 Å². The van der Waals surface area contributed by atoms with Gasteiger partial charge in [-0.05, 0) is 30.1 Å². The maximum atomic E-state index is 12.0. The average Bonchev–Trinajstić information content (AvgIpc) is 2.58. The number of nitrogens with zero attached hydrogens (tertiary/aromatic N) is 2. The molecule has 0 bridgehead atoms. The molecular weight excluding hydrogens is 226 g/mol. The Morgan fingerprint density at radius 1 is 1.44 bits per heavy atom. The van der Waals surface area contributed by atoms with E-state index in [1.807, 2.05) is 19.1 Å². The van der Waals surface area contributed by atoms with Crippen molar-refractivity contribution < 1.29 is 4.79 Å². The Labute approximate surface area is 95.3 Å². The van der Waals surface area contributed by atoms with Crippen LogP contribution in [-0.4, -0.2) is 14.8 Å². The van der Waals surface area contributed by atoms with Gasteiger partial charge in [0.15, 0.2) is 0 Å². The van der Waals surface area contributed by atoms with E-state index in [-0.39, 0.29) is 5.13 Å². The predicted octanol–water partition coefficient (Wildman–Crippen LogP) is 0.884. The number of hydrogen-bond acceptors (Lipinski definition) is 5. The van der Waals surface area contributed by atoms with Gasteiger partial charge in [-0.3, -0.25) is 4.79 Å². The molecule has 0 saturated heterocycles. The number of carbonyl (C=O) groups is 1.